The molecule has 6 nitrogen and oxygen atoms in total. The van der Waals surface area contributed by atoms with Crippen LogP contribution in [0, 0.1) is 5.41 Å². The van der Waals surface area contributed by atoms with E-state index in [2.05, 4.69) is 20.2 Å². The first-order valence-electron chi connectivity index (χ1n) is 10.9. The SMILES string of the molecule is CN=C(NCc1ccnc(OC2CCOCC2)c1)N1CCC2(CCCCC2)C1.I. The van der Waals surface area contributed by atoms with Crippen molar-refractivity contribution in [3.05, 3.63) is 23.9 Å². The highest BCUT2D eigenvalue weighted by Gasteiger charge is 2.39. The quantitative estimate of drug-likeness (QED) is 0.374. The monoisotopic (exact) mass is 514 g/mol. The van der Waals surface area contributed by atoms with Crippen molar-refractivity contribution in [2.75, 3.05) is 33.4 Å². The van der Waals surface area contributed by atoms with E-state index in [1.807, 2.05) is 25.4 Å². The van der Waals surface area contributed by atoms with Crippen molar-refractivity contribution in [2.24, 2.45) is 10.4 Å². The number of nitrogens with zero attached hydrogens (tertiary/aromatic N) is 3. The number of ether oxygens (including phenoxy) is 2. The van der Waals surface area contributed by atoms with Gasteiger partial charge >= 0.3 is 0 Å². The van der Waals surface area contributed by atoms with Crippen molar-refractivity contribution >= 4 is 29.9 Å². The summed E-state index contributed by atoms with van der Waals surface area (Å²) in [6, 6.07) is 4.09. The van der Waals surface area contributed by atoms with Crippen LogP contribution < -0.4 is 10.1 Å². The van der Waals surface area contributed by atoms with Gasteiger partial charge < -0.3 is 19.7 Å². The van der Waals surface area contributed by atoms with E-state index >= 15 is 0 Å². The van der Waals surface area contributed by atoms with Gasteiger partial charge in [-0.1, -0.05) is 19.3 Å². The molecule has 7 heteroatoms. The molecule has 1 aromatic rings. The van der Waals surface area contributed by atoms with Gasteiger partial charge in [0.25, 0.3) is 0 Å². The predicted octanol–water partition coefficient (Wildman–Crippen LogP) is 3.99. The lowest BCUT2D eigenvalue weighted by molar-refractivity contribution is 0.0237. The Morgan fingerprint density at radius 3 is 2.83 bits per heavy atom. The van der Waals surface area contributed by atoms with Crippen LogP contribution in [0.25, 0.3) is 0 Å². The third-order valence-corrected chi connectivity index (χ3v) is 6.57. The second-order valence-electron chi connectivity index (χ2n) is 8.56. The van der Waals surface area contributed by atoms with Crippen LogP contribution in [-0.4, -0.2) is 55.3 Å². The summed E-state index contributed by atoms with van der Waals surface area (Å²) >= 11 is 0. The van der Waals surface area contributed by atoms with E-state index < -0.39 is 0 Å². The Kier molecular flexibility index (Phi) is 8.41. The first-order chi connectivity index (χ1) is 13.8. The van der Waals surface area contributed by atoms with Crippen LogP contribution in [0.1, 0.15) is 56.9 Å². The van der Waals surface area contributed by atoms with E-state index in [-0.39, 0.29) is 30.1 Å². The van der Waals surface area contributed by atoms with Crippen molar-refractivity contribution < 1.29 is 9.47 Å². The standard InChI is InChI=1S/C22H34N4O2.HI/c1-23-21(26-12-10-22(17-26)8-3-2-4-9-22)25-16-18-5-11-24-20(15-18)28-19-6-13-27-14-7-19;/h5,11,15,19H,2-4,6-10,12-14,16-17H2,1H3,(H,23,25);1H. The molecule has 0 aromatic carbocycles. The third-order valence-electron chi connectivity index (χ3n) is 6.57. The van der Waals surface area contributed by atoms with Crippen LogP contribution in [0.2, 0.25) is 0 Å². The van der Waals surface area contributed by atoms with E-state index in [9.17, 15) is 0 Å². The van der Waals surface area contributed by atoms with Crippen LogP contribution in [0.3, 0.4) is 0 Å². The Labute approximate surface area is 191 Å². The summed E-state index contributed by atoms with van der Waals surface area (Å²) in [5, 5.41) is 3.55. The molecule has 3 fully saturated rings. The maximum atomic E-state index is 6.04. The summed E-state index contributed by atoms with van der Waals surface area (Å²) in [6.07, 6.45) is 12.2. The largest absolute Gasteiger partial charge is 0.474 e. The minimum absolute atomic E-state index is 0. The first kappa shape index (κ1) is 22.6. The Hall–Kier alpha value is -1.09. The molecular formula is C22H35IN4O2. The summed E-state index contributed by atoms with van der Waals surface area (Å²) < 4.78 is 11.4. The van der Waals surface area contributed by atoms with Gasteiger partial charge in [0.15, 0.2) is 5.96 Å². The molecule has 0 unspecified atom stereocenters. The molecule has 1 aromatic heterocycles. The van der Waals surface area contributed by atoms with Crippen molar-refractivity contribution in [2.45, 2.75) is 64.0 Å². The van der Waals surface area contributed by atoms with Gasteiger partial charge in [0, 0.05) is 51.8 Å². The number of hydrogen-bond donors (Lipinski definition) is 1. The molecule has 3 heterocycles. The number of hydrogen-bond acceptors (Lipinski definition) is 4. The number of aliphatic imine (C=N–C) groups is 1. The second-order valence-corrected chi connectivity index (χ2v) is 8.56. The van der Waals surface area contributed by atoms with Gasteiger partial charge in [0.05, 0.1) is 13.2 Å². The molecule has 2 saturated heterocycles. The maximum Gasteiger partial charge on any atom is 0.213 e. The lowest BCUT2D eigenvalue weighted by Gasteiger charge is -2.33. The Balaban J connectivity index is 0.00000240. The number of likely N-dealkylation sites (tertiary alicyclic amines) is 1. The molecule has 162 valence electrons. The van der Waals surface area contributed by atoms with Crippen molar-refractivity contribution in [3.8, 4) is 5.88 Å². The third kappa shape index (κ3) is 5.96. The first-order valence-corrected chi connectivity index (χ1v) is 10.9. The summed E-state index contributed by atoms with van der Waals surface area (Å²) in [5.41, 5.74) is 1.71. The molecule has 1 saturated carbocycles. The van der Waals surface area contributed by atoms with Gasteiger partial charge in [-0.05, 0) is 36.3 Å². The minimum Gasteiger partial charge on any atom is -0.474 e. The average Bonchev–Trinajstić information content (AvgIpc) is 3.13. The lowest BCUT2D eigenvalue weighted by atomic mass is 9.73. The fourth-order valence-electron chi connectivity index (χ4n) is 4.93. The Morgan fingerprint density at radius 1 is 1.28 bits per heavy atom. The number of rotatable bonds is 4. The molecule has 1 aliphatic carbocycles. The maximum absolute atomic E-state index is 6.04. The molecule has 0 radical (unpaired) electrons. The zero-order chi connectivity index (χ0) is 19.2. The van der Waals surface area contributed by atoms with Gasteiger partial charge in [0.1, 0.15) is 6.10 Å². The molecule has 1 spiro atoms. The lowest BCUT2D eigenvalue weighted by Crippen LogP contribution is -2.41. The van der Waals surface area contributed by atoms with Gasteiger partial charge in [0.2, 0.25) is 5.88 Å². The van der Waals surface area contributed by atoms with Gasteiger partial charge in [-0.25, -0.2) is 4.98 Å². The van der Waals surface area contributed by atoms with Crippen molar-refractivity contribution in [3.63, 3.8) is 0 Å². The number of pyridine rings is 1. The summed E-state index contributed by atoms with van der Waals surface area (Å²) in [5.74, 6) is 1.73. The van der Waals surface area contributed by atoms with Crippen LogP contribution in [-0.2, 0) is 11.3 Å². The summed E-state index contributed by atoms with van der Waals surface area (Å²) in [7, 11) is 1.89. The summed E-state index contributed by atoms with van der Waals surface area (Å²) in [4.78, 5) is 11.4. The highest BCUT2D eigenvalue weighted by molar-refractivity contribution is 14.0. The predicted molar refractivity (Wildman–Crippen MR) is 126 cm³/mol. The Morgan fingerprint density at radius 2 is 2.07 bits per heavy atom. The van der Waals surface area contributed by atoms with Crippen LogP contribution in [0.15, 0.2) is 23.3 Å². The molecular weight excluding hydrogens is 479 g/mol. The fourth-order valence-corrected chi connectivity index (χ4v) is 4.93. The number of halogens is 1. The van der Waals surface area contributed by atoms with E-state index in [0.29, 0.717) is 11.3 Å². The van der Waals surface area contributed by atoms with E-state index in [1.54, 1.807) is 0 Å². The fraction of sp³-hybridized carbons (Fsp3) is 0.727. The number of nitrogens with one attached hydrogen (secondary N) is 1. The van der Waals surface area contributed by atoms with Gasteiger partial charge in [-0.3, -0.25) is 4.99 Å². The molecule has 29 heavy (non-hydrogen) atoms. The van der Waals surface area contributed by atoms with Crippen molar-refractivity contribution in [1.82, 2.24) is 15.2 Å². The molecule has 2 aliphatic heterocycles. The molecule has 3 aliphatic rings. The van der Waals surface area contributed by atoms with E-state index in [1.165, 1.54) is 44.1 Å². The molecule has 0 amide bonds. The van der Waals surface area contributed by atoms with Crippen LogP contribution in [0.5, 0.6) is 5.88 Å². The molecule has 0 atom stereocenters. The summed E-state index contributed by atoms with van der Waals surface area (Å²) in [6.45, 7) is 4.57. The molecule has 1 N–H and O–H groups in total. The molecule has 4 rings (SSSR count). The zero-order valence-electron chi connectivity index (χ0n) is 17.6. The highest BCUT2D eigenvalue weighted by Crippen LogP contribution is 2.43. The average molecular weight is 514 g/mol. The van der Waals surface area contributed by atoms with E-state index in [0.717, 1.165) is 51.6 Å². The second kappa shape index (κ2) is 10.8. The smallest absolute Gasteiger partial charge is 0.213 e. The highest BCUT2D eigenvalue weighted by atomic mass is 127. The van der Waals surface area contributed by atoms with Gasteiger partial charge in [-0.2, -0.15) is 0 Å². The zero-order valence-corrected chi connectivity index (χ0v) is 19.9. The number of aromatic nitrogens is 1. The van der Waals surface area contributed by atoms with Gasteiger partial charge in [-0.15, -0.1) is 24.0 Å². The van der Waals surface area contributed by atoms with Crippen LogP contribution >= 0.6 is 24.0 Å². The Bertz CT molecular complexity index is 673. The van der Waals surface area contributed by atoms with Crippen LogP contribution in [0.4, 0.5) is 0 Å². The topological polar surface area (TPSA) is 59.0 Å². The van der Waals surface area contributed by atoms with E-state index in [4.69, 9.17) is 9.47 Å². The van der Waals surface area contributed by atoms with Crippen molar-refractivity contribution in [1.29, 1.82) is 0 Å². The number of guanidine groups is 1. The normalized spacial score (nSPS) is 22.4. The minimum atomic E-state index is 0. The molecule has 0 bridgehead atoms.